The number of ether oxygens (including phenoxy) is 2. The fourth-order valence-electron chi connectivity index (χ4n) is 0.291. The monoisotopic (exact) mass is 258 g/mol. The minimum Gasteiger partial charge on any atom is -0.337 e. The van der Waals surface area contributed by atoms with Crippen molar-refractivity contribution < 1.29 is 55.2 Å². The smallest absolute Gasteiger partial charge is 0.337 e. The molecule has 12 heteroatoms. The Kier molecular flexibility index (Phi) is 4.20. The van der Waals surface area contributed by atoms with Crippen LogP contribution in [0.2, 0.25) is 0 Å². The third-order valence-electron chi connectivity index (χ3n) is 0.576. The van der Waals surface area contributed by atoms with Crippen molar-refractivity contribution in [3.05, 3.63) is 0 Å². The summed E-state index contributed by atoms with van der Waals surface area (Å²) in [7, 11) is 0. The molecular weight excluding hydrogens is 258 g/mol. The van der Waals surface area contributed by atoms with Crippen LogP contribution in [0.1, 0.15) is 0 Å². The van der Waals surface area contributed by atoms with Crippen LogP contribution in [0.3, 0.4) is 0 Å². The number of carbonyl (C=O) groups is 2. The fraction of sp³-hybridized carbons (Fsp3) is 0.500. The average molecular weight is 258 g/mol. The SMILES string of the molecule is O=C(OOC(=O)OC(F)(F)F)OC(F)(F)F. The minimum atomic E-state index is -5.44. The maximum absolute atomic E-state index is 11.2. The lowest BCUT2D eigenvalue weighted by Gasteiger charge is -2.07. The van der Waals surface area contributed by atoms with Crippen LogP contribution in [0.15, 0.2) is 0 Å². The zero-order valence-corrected chi connectivity index (χ0v) is 6.72. The van der Waals surface area contributed by atoms with E-state index in [2.05, 4.69) is 19.2 Å². The van der Waals surface area contributed by atoms with Gasteiger partial charge in [-0.1, -0.05) is 0 Å². The first-order valence-electron chi connectivity index (χ1n) is 2.93. The zero-order valence-electron chi connectivity index (χ0n) is 6.72. The molecule has 0 N–H and O–H groups in total. The van der Waals surface area contributed by atoms with E-state index in [1.54, 1.807) is 0 Å². The van der Waals surface area contributed by atoms with Gasteiger partial charge in [0.15, 0.2) is 0 Å². The Labute approximate surface area is 81.5 Å². The van der Waals surface area contributed by atoms with Gasteiger partial charge in [-0.25, -0.2) is 0 Å². The summed E-state index contributed by atoms with van der Waals surface area (Å²) in [5.41, 5.74) is 0. The second kappa shape index (κ2) is 4.76. The molecule has 0 rings (SSSR count). The number of halogens is 6. The van der Waals surface area contributed by atoms with Gasteiger partial charge in [0.05, 0.1) is 0 Å². The second-order valence-corrected chi connectivity index (χ2v) is 1.76. The maximum Gasteiger partial charge on any atom is 0.577 e. The molecule has 0 unspecified atom stereocenters. The molecule has 0 aliphatic heterocycles. The van der Waals surface area contributed by atoms with E-state index in [9.17, 15) is 35.9 Å². The van der Waals surface area contributed by atoms with Crippen molar-refractivity contribution >= 4 is 12.3 Å². The molecule has 0 radical (unpaired) electrons. The Morgan fingerprint density at radius 3 is 1.12 bits per heavy atom. The molecule has 0 aromatic carbocycles. The Bertz CT molecular complexity index is 239. The van der Waals surface area contributed by atoms with Crippen LogP contribution in [-0.4, -0.2) is 25.0 Å². The lowest BCUT2D eigenvalue weighted by molar-refractivity contribution is -0.341. The average Bonchev–Trinajstić information content (AvgIpc) is 1.94. The minimum absolute atomic E-state index is 2.44. The lowest BCUT2D eigenvalue weighted by atomic mass is 11.2. The molecule has 0 aromatic rings. The van der Waals surface area contributed by atoms with E-state index in [0.29, 0.717) is 0 Å². The molecule has 0 heterocycles. The molecule has 0 saturated heterocycles. The molecule has 0 amide bonds. The van der Waals surface area contributed by atoms with Crippen molar-refractivity contribution in [2.75, 3.05) is 0 Å². The van der Waals surface area contributed by atoms with Crippen molar-refractivity contribution in [2.24, 2.45) is 0 Å². The molecule has 0 aromatic heterocycles. The summed E-state index contributed by atoms with van der Waals surface area (Å²) < 4.78 is 72.2. The number of alkyl halides is 6. The van der Waals surface area contributed by atoms with Crippen LogP contribution < -0.4 is 0 Å². The molecular formula is C4F6O6. The quantitative estimate of drug-likeness (QED) is 0.287. The highest BCUT2D eigenvalue weighted by Gasteiger charge is 2.38. The van der Waals surface area contributed by atoms with Gasteiger partial charge < -0.3 is 9.47 Å². The number of hydrogen-bond donors (Lipinski definition) is 0. The zero-order chi connectivity index (χ0) is 13.0. The van der Waals surface area contributed by atoms with Gasteiger partial charge in [0, 0.05) is 0 Å². The molecule has 0 aliphatic carbocycles. The van der Waals surface area contributed by atoms with E-state index in [1.807, 2.05) is 0 Å². The molecule has 0 aliphatic rings. The predicted molar refractivity (Wildman–Crippen MR) is 27.2 cm³/mol. The Morgan fingerprint density at radius 2 is 0.938 bits per heavy atom. The highest BCUT2D eigenvalue weighted by atomic mass is 19.4. The van der Waals surface area contributed by atoms with Crippen molar-refractivity contribution in [3.63, 3.8) is 0 Å². The molecule has 94 valence electrons. The third-order valence-corrected chi connectivity index (χ3v) is 0.576. The van der Waals surface area contributed by atoms with Crippen LogP contribution in [-0.2, 0) is 19.2 Å². The molecule has 0 atom stereocenters. The lowest BCUT2D eigenvalue weighted by Crippen LogP contribution is -2.24. The van der Waals surface area contributed by atoms with Crippen LogP contribution in [0.5, 0.6) is 0 Å². The van der Waals surface area contributed by atoms with Gasteiger partial charge >= 0.3 is 25.0 Å². The van der Waals surface area contributed by atoms with Crippen molar-refractivity contribution in [3.8, 4) is 0 Å². The summed E-state index contributed by atoms with van der Waals surface area (Å²) in [6.45, 7) is 0. The van der Waals surface area contributed by atoms with Crippen LogP contribution >= 0.6 is 0 Å². The molecule has 0 bridgehead atoms. The molecule has 0 spiro atoms. The van der Waals surface area contributed by atoms with Crippen molar-refractivity contribution in [1.29, 1.82) is 0 Å². The van der Waals surface area contributed by atoms with E-state index < -0.39 is 25.0 Å². The number of carbonyl (C=O) groups excluding carboxylic acids is 2. The number of rotatable bonds is 0. The van der Waals surface area contributed by atoms with Gasteiger partial charge in [-0.05, 0) is 0 Å². The molecule has 16 heavy (non-hydrogen) atoms. The van der Waals surface area contributed by atoms with E-state index in [4.69, 9.17) is 0 Å². The topological polar surface area (TPSA) is 71.1 Å². The van der Waals surface area contributed by atoms with Crippen LogP contribution in [0.4, 0.5) is 35.9 Å². The standard InChI is InChI=1S/C4F6O6/c5-3(6,7)13-1(11)15-16-2(12)14-4(8,9)10. The van der Waals surface area contributed by atoms with Crippen molar-refractivity contribution in [2.45, 2.75) is 12.7 Å². The van der Waals surface area contributed by atoms with E-state index in [1.165, 1.54) is 0 Å². The van der Waals surface area contributed by atoms with Gasteiger partial charge in [0.2, 0.25) is 0 Å². The fourth-order valence-corrected chi connectivity index (χ4v) is 0.291. The van der Waals surface area contributed by atoms with E-state index >= 15 is 0 Å². The summed E-state index contributed by atoms with van der Waals surface area (Å²) >= 11 is 0. The summed E-state index contributed by atoms with van der Waals surface area (Å²) in [6.07, 6.45) is -16.1. The highest BCUT2D eigenvalue weighted by Crippen LogP contribution is 2.18. The predicted octanol–water partition coefficient (Wildman–Crippen LogP) is 2.25. The molecule has 0 saturated carbocycles. The second-order valence-electron chi connectivity index (χ2n) is 1.76. The first kappa shape index (κ1) is 14.1. The van der Waals surface area contributed by atoms with Gasteiger partial charge in [-0.2, -0.15) is 19.4 Å². The summed E-state index contributed by atoms with van der Waals surface area (Å²) in [6, 6.07) is 0. The Hall–Kier alpha value is -1.88. The van der Waals surface area contributed by atoms with Gasteiger partial charge in [-0.3, -0.25) is 0 Å². The molecule has 6 nitrogen and oxygen atoms in total. The van der Waals surface area contributed by atoms with E-state index in [0.717, 1.165) is 0 Å². The first-order valence-corrected chi connectivity index (χ1v) is 2.93. The van der Waals surface area contributed by atoms with Gasteiger partial charge in [0.1, 0.15) is 0 Å². The Morgan fingerprint density at radius 1 is 0.688 bits per heavy atom. The maximum atomic E-state index is 11.2. The normalized spacial score (nSPS) is 11.6. The van der Waals surface area contributed by atoms with Gasteiger partial charge in [0.25, 0.3) is 0 Å². The summed E-state index contributed by atoms with van der Waals surface area (Å²) in [5, 5.41) is 0. The van der Waals surface area contributed by atoms with E-state index in [-0.39, 0.29) is 0 Å². The summed E-state index contributed by atoms with van der Waals surface area (Å²) in [4.78, 5) is 25.6. The highest BCUT2D eigenvalue weighted by molar-refractivity contribution is 5.63. The third kappa shape index (κ3) is 8.71. The van der Waals surface area contributed by atoms with Gasteiger partial charge in [-0.15, -0.1) is 26.3 Å². The molecule has 0 fully saturated rings. The Balaban J connectivity index is 3.90. The van der Waals surface area contributed by atoms with Crippen LogP contribution in [0.25, 0.3) is 0 Å². The van der Waals surface area contributed by atoms with Crippen LogP contribution in [0, 0.1) is 0 Å². The number of hydrogen-bond acceptors (Lipinski definition) is 6. The largest absolute Gasteiger partial charge is 0.577 e. The van der Waals surface area contributed by atoms with Crippen molar-refractivity contribution in [1.82, 2.24) is 0 Å². The first-order chi connectivity index (χ1) is 6.99. The summed E-state index contributed by atoms with van der Waals surface area (Å²) in [5.74, 6) is 0.